The van der Waals surface area contributed by atoms with E-state index >= 15 is 0 Å². The molecule has 0 heterocycles. The van der Waals surface area contributed by atoms with Crippen molar-refractivity contribution < 1.29 is 8.78 Å². The fourth-order valence-electron chi connectivity index (χ4n) is 3.19. The zero-order chi connectivity index (χ0) is 14.7. The molecule has 1 atom stereocenters. The van der Waals surface area contributed by atoms with Gasteiger partial charge in [0.1, 0.15) is 11.6 Å². The fourth-order valence-corrected chi connectivity index (χ4v) is 3.36. The Balaban J connectivity index is 2.44. The van der Waals surface area contributed by atoms with E-state index in [1.165, 1.54) is 6.07 Å². The molecule has 0 aliphatic heterocycles. The first-order valence-corrected chi connectivity index (χ1v) is 7.03. The summed E-state index contributed by atoms with van der Waals surface area (Å²) >= 11 is 6.10. The lowest BCUT2D eigenvalue weighted by atomic mass is 9.71. The Kier molecular flexibility index (Phi) is 2.91. The summed E-state index contributed by atoms with van der Waals surface area (Å²) in [4.78, 5) is 0. The van der Waals surface area contributed by atoms with E-state index in [9.17, 15) is 8.78 Å². The maximum Gasteiger partial charge on any atom is 0.134 e. The molecule has 2 aromatic rings. The van der Waals surface area contributed by atoms with Crippen LogP contribution < -0.4 is 0 Å². The largest absolute Gasteiger partial charge is 0.207 e. The predicted octanol–water partition coefficient (Wildman–Crippen LogP) is 5.56. The van der Waals surface area contributed by atoms with Gasteiger partial charge in [0.2, 0.25) is 0 Å². The average Bonchev–Trinajstić information content (AvgIpc) is 2.61. The van der Waals surface area contributed by atoms with Crippen LogP contribution in [-0.2, 0) is 5.41 Å². The molecule has 2 aromatic carbocycles. The monoisotopic (exact) mass is 292 g/mol. The number of fused-ring (bicyclic) bond motifs is 3. The lowest BCUT2D eigenvalue weighted by Crippen LogP contribution is -2.27. The van der Waals surface area contributed by atoms with Gasteiger partial charge in [0.05, 0.1) is 0 Å². The summed E-state index contributed by atoms with van der Waals surface area (Å²) in [6, 6.07) is 7.84. The Bertz CT molecular complexity index is 706. The zero-order valence-electron chi connectivity index (χ0n) is 11.6. The average molecular weight is 293 g/mol. The molecule has 0 radical (unpaired) electrons. The van der Waals surface area contributed by atoms with Crippen molar-refractivity contribution >= 4 is 11.6 Å². The highest BCUT2D eigenvalue weighted by molar-refractivity contribution is 6.30. The van der Waals surface area contributed by atoms with E-state index in [0.717, 1.165) is 17.2 Å². The Labute approximate surface area is 122 Å². The summed E-state index contributed by atoms with van der Waals surface area (Å²) in [6.07, 6.45) is 0. The highest BCUT2D eigenvalue weighted by atomic mass is 35.5. The summed E-state index contributed by atoms with van der Waals surface area (Å²) < 4.78 is 27.9. The molecule has 1 aliphatic rings. The Hall–Kier alpha value is -1.41. The van der Waals surface area contributed by atoms with Crippen molar-refractivity contribution in [2.75, 3.05) is 0 Å². The summed E-state index contributed by atoms with van der Waals surface area (Å²) in [7, 11) is 0. The second-order valence-corrected chi connectivity index (χ2v) is 6.29. The van der Waals surface area contributed by atoms with E-state index < -0.39 is 17.0 Å². The highest BCUT2D eigenvalue weighted by Crippen LogP contribution is 2.53. The van der Waals surface area contributed by atoms with Crippen LogP contribution in [0, 0.1) is 17.6 Å². The van der Waals surface area contributed by atoms with E-state index in [1.807, 2.05) is 19.1 Å². The van der Waals surface area contributed by atoms with Gasteiger partial charge in [-0.2, -0.15) is 0 Å². The summed E-state index contributed by atoms with van der Waals surface area (Å²) in [6.45, 7) is 6.14. The first kappa shape index (κ1) is 13.6. The summed E-state index contributed by atoms with van der Waals surface area (Å²) in [5.41, 5.74) is 2.58. The first-order valence-electron chi connectivity index (χ1n) is 6.65. The topological polar surface area (TPSA) is 0 Å². The van der Waals surface area contributed by atoms with E-state index in [1.54, 1.807) is 6.07 Å². The number of hydrogen-bond acceptors (Lipinski definition) is 0. The molecule has 3 heteroatoms. The standard InChI is InChI=1S/C17H15ClF2/c1-9(2)17(3)13-6-10(18)4-5-12(13)16-14(17)7-11(19)8-15(16)20/h4-9H,1-3H3. The predicted molar refractivity (Wildman–Crippen MR) is 78.1 cm³/mol. The number of hydrogen-bond donors (Lipinski definition) is 0. The van der Waals surface area contributed by atoms with Crippen LogP contribution in [0.2, 0.25) is 5.02 Å². The molecule has 20 heavy (non-hydrogen) atoms. The number of benzene rings is 2. The van der Waals surface area contributed by atoms with Gasteiger partial charge in [-0.25, -0.2) is 8.78 Å². The molecule has 0 saturated carbocycles. The molecule has 0 spiro atoms. The molecule has 0 N–H and O–H groups in total. The summed E-state index contributed by atoms with van der Waals surface area (Å²) in [5, 5.41) is 0.615. The Morgan fingerprint density at radius 1 is 1.05 bits per heavy atom. The molecule has 104 valence electrons. The van der Waals surface area contributed by atoms with Crippen LogP contribution in [0.15, 0.2) is 30.3 Å². The van der Waals surface area contributed by atoms with Crippen LogP contribution >= 0.6 is 11.6 Å². The molecule has 3 rings (SSSR count). The van der Waals surface area contributed by atoms with Gasteiger partial charge in [0.15, 0.2) is 0 Å². The maximum atomic E-state index is 14.3. The van der Waals surface area contributed by atoms with Gasteiger partial charge >= 0.3 is 0 Å². The van der Waals surface area contributed by atoms with Crippen molar-refractivity contribution in [3.63, 3.8) is 0 Å². The van der Waals surface area contributed by atoms with Crippen molar-refractivity contribution in [3.8, 4) is 11.1 Å². The number of rotatable bonds is 1. The zero-order valence-corrected chi connectivity index (χ0v) is 12.4. The second kappa shape index (κ2) is 4.29. The van der Waals surface area contributed by atoms with Crippen LogP contribution in [-0.4, -0.2) is 0 Å². The normalized spacial score (nSPS) is 20.1. The third kappa shape index (κ3) is 1.64. The summed E-state index contributed by atoms with van der Waals surface area (Å²) in [5.74, 6) is -0.845. The van der Waals surface area contributed by atoms with Gasteiger partial charge in [-0.15, -0.1) is 0 Å². The smallest absolute Gasteiger partial charge is 0.134 e. The van der Waals surface area contributed by atoms with Crippen LogP contribution in [0.4, 0.5) is 8.78 Å². The van der Waals surface area contributed by atoms with Gasteiger partial charge in [-0.05, 0) is 40.8 Å². The molecule has 0 aromatic heterocycles. The SMILES string of the molecule is CC(C)C1(C)c2cc(Cl)ccc2-c2c(F)cc(F)cc21. The van der Waals surface area contributed by atoms with Crippen molar-refractivity contribution in [2.24, 2.45) is 5.92 Å². The molecule has 0 amide bonds. The highest BCUT2D eigenvalue weighted by Gasteiger charge is 2.43. The molecular weight excluding hydrogens is 278 g/mol. The van der Waals surface area contributed by atoms with Gasteiger partial charge in [-0.3, -0.25) is 0 Å². The lowest BCUT2D eigenvalue weighted by molar-refractivity contribution is 0.411. The lowest BCUT2D eigenvalue weighted by Gasteiger charge is -2.32. The molecule has 0 saturated heterocycles. The number of halogens is 3. The van der Waals surface area contributed by atoms with Crippen molar-refractivity contribution in [1.82, 2.24) is 0 Å². The van der Waals surface area contributed by atoms with E-state index in [-0.39, 0.29) is 5.92 Å². The minimum Gasteiger partial charge on any atom is -0.207 e. The van der Waals surface area contributed by atoms with Gasteiger partial charge in [0.25, 0.3) is 0 Å². The van der Waals surface area contributed by atoms with Crippen molar-refractivity contribution in [1.29, 1.82) is 0 Å². The molecule has 0 nitrogen and oxygen atoms in total. The second-order valence-electron chi connectivity index (χ2n) is 5.86. The van der Waals surface area contributed by atoms with Crippen molar-refractivity contribution in [2.45, 2.75) is 26.2 Å². The Morgan fingerprint density at radius 2 is 1.75 bits per heavy atom. The molecule has 0 bridgehead atoms. The molecule has 0 fully saturated rings. The first-order chi connectivity index (χ1) is 9.35. The minimum absolute atomic E-state index is 0.196. The van der Waals surface area contributed by atoms with Crippen LogP contribution in [0.25, 0.3) is 11.1 Å². The van der Waals surface area contributed by atoms with Gasteiger partial charge in [-0.1, -0.05) is 38.4 Å². The van der Waals surface area contributed by atoms with Crippen molar-refractivity contribution in [3.05, 3.63) is 58.1 Å². The Morgan fingerprint density at radius 3 is 2.40 bits per heavy atom. The quantitative estimate of drug-likeness (QED) is 0.645. The van der Waals surface area contributed by atoms with Gasteiger partial charge in [0, 0.05) is 22.1 Å². The third-order valence-corrected chi connectivity index (χ3v) is 4.81. The molecule has 1 aliphatic carbocycles. The fraction of sp³-hybridized carbons (Fsp3) is 0.294. The van der Waals surface area contributed by atoms with Crippen LogP contribution in [0.1, 0.15) is 31.9 Å². The van der Waals surface area contributed by atoms with E-state index in [4.69, 9.17) is 11.6 Å². The van der Waals surface area contributed by atoms with E-state index in [0.29, 0.717) is 16.1 Å². The molecule has 1 unspecified atom stereocenters. The van der Waals surface area contributed by atoms with Gasteiger partial charge < -0.3 is 0 Å². The van der Waals surface area contributed by atoms with Crippen LogP contribution in [0.5, 0.6) is 0 Å². The molecular formula is C17H15ClF2. The maximum absolute atomic E-state index is 14.3. The van der Waals surface area contributed by atoms with E-state index in [2.05, 4.69) is 13.8 Å². The van der Waals surface area contributed by atoms with Crippen LogP contribution in [0.3, 0.4) is 0 Å². The minimum atomic E-state index is -0.535. The third-order valence-electron chi connectivity index (χ3n) is 4.58.